The van der Waals surface area contributed by atoms with Gasteiger partial charge in [-0.25, -0.2) is 9.79 Å². The van der Waals surface area contributed by atoms with Gasteiger partial charge in [-0.3, -0.25) is 9.36 Å². The van der Waals surface area contributed by atoms with Gasteiger partial charge in [-0.2, -0.15) is 0 Å². The zero-order valence-corrected chi connectivity index (χ0v) is 23.7. The Kier molecular flexibility index (Phi) is 8.71. The Labute approximate surface area is 231 Å². The topological polar surface area (TPSA) is 82.4 Å². The third-order valence-corrected chi connectivity index (χ3v) is 7.15. The summed E-state index contributed by atoms with van der Waals surface area (Å²) in [5.74, 6) is 0.549. The van der Waals surface area contributed by atoms with E-state index in [-0.39, 0.29) is 12.2 Å². The summed E-state index contributed by atoms with van der Waals surface area (Å²) in [7, 11) is 3.96. The van der Waals surface area contributed by atoms with Crippen molar-refractivity contribution >= 4 is 29.1 Å². The fraction of sp³-hybridized carbons (Fsp3) is 0.300. The van der Waals surface area contributed by atoms with Crippen LogP contribution in [-0.4, -0.2) is 44.5 Å². The standard InChI is InChI=1S/C30H33N3O5S/c1-7-16-38-23-15-12-21(18-24(23)36-8-2)27-26(29(35)37-9-3)19(4)31-30-33(27)28(34)25(39-30)17-20-10-13-22(14-11-20)32(5)6/h7,10-15,17-18,27H,1,8-9,16H2,2-6H3/b25-17+/t27-/m1/s1. The molecule has 0 N–H and O–H groups in total. The molecule has 0 radical (unpaired) electrons. The smallest absolute Gasteiger partial charge is 0.338 e. The van der Waals surface area contributed by atoms with Crippen LogP contribution >= 0.6 is 11.3 Å². The number of aromatic nitrogens is 1. The molecule has 1 atom stereocenters. The molecule has 0 fully saturated rings. The average Bonchev–Trinajstić information content (AvgIpc) is 3.21. The van der Waals surface area contributed by atoms with Crippen molar-refractivity contribution < 1.29 is 19.0 Å². The molecule has 2 aromatic carbocycles. The van der Waals surface area contributed by atoms with Crippen LogP contribution in [-0.2, 0) is 9.53 Å². The van der Waals surface area contributed by atoms with Crippen LogP contribution in [0.1, 0.15) is 37.9 Å². The van der Waals surface area contributed by atoms with Crippen molar-refractivity contribution in [2.24, 2.45) is 4.99 Å². The van der Waals surface area contributed by atoms with Gasteiger partial charge in [0.25, 0.3) is 5.56 Å². The van der Waals surface area contributed by atoms with Crippen LogP contribution in [0.4, 0.5) is 5.69 Å². The molecular formula is C30H33N3O5S. The predicted molar refractivity (Wildman–Crippen MR) is 154 cm³/mol. The number of hydrogen-bond donors (Lipinski definition) is 0. The van der Waals surface area contributed by atoms with Crippen LogP contribution < -0.4 is 29.3 Å². The third kappa shape index (κ3) is 5.83. The maximum Gasteiger partial charge on any atom is 0.338 e. The van der Waals surface area contributed by atoms with Gasteiger partial charge in [-0.05, 0) is 62.2 Å². The molecule has 0 spiro atoms. The number of thiazole rings is 1. The van der Waals surface area contributed by atoms with Gasteiger partial charge in [-0.15, -0.1) is 0 Å². The predicted octanol–water partition coefficient (Wildman–Crippen LogP) is 3.83. The zero-order chi connectivity index (χ0) is 28.1. The molecule has 4 rings (SSSR count). The largest absolute Gasteiger partial charge is 0.490 e. The van der Waals surface area contributed by atoms with E-state index in [9.17, 15) is 9.59 Å². The van der Waals surface area contributed by atoms with Crippen LogP contribution in [0.3, 0.4) is 0 Å². The van der Waals surface area contributed by atoms with Crippen LogP contribution in [0.25, 0.3) is 6.08 Å². The summed E-state index contributed by atoms with van der Waals surface area (Å²) < 4.78 is 19.1. The monoisotopic (exact) mass is 547 g/mol. The lowest BCUT2D eigenvalue weighted by atomic mass is 9.95. The van der Waals surface area contributed by atoms with Gasteiger partial charge < -0.3 is 19.1 Å². The number of fused-ring (bicyclic) bond motifs is 1. The Balaban J connectivity index is 1.90. The highest BCUT2D eigenvalue weighted by Crippen LogP contribution is 2.36. The van der Waals surface area contributed by atoms with E-state index in [4.69, 9.17) is 14.2 Å². The summed E-state index contributed by atoms with van der Waals surface area (Å²) in [5, 5.41) is 0. The molecule has 1 aliphatic rings. The van der Waals surface area contributed by atoms with Gasteiger partial charge in [-0.1, -0.05) is 42.2 Å². The summed E-state index contributed by atoms with van der Waals surface area (Å²) in [6.45, 7) is 10.0. The minimum absolute atomic E-state index is 0.203. The fourth-order valence-corrected chi connectivity index (χ4v) is 5.40. The van der Waals surface area contributed by atoms with Gasteiger partial charge in [0.1, 0.15) is 6.61 Å². The molecule has 0 bridgehead atoms. The van der Waals surface area contributed by atoms with Crippen LogP contribution in [0.15, 0.2) is 76.2 Å². The van der Waals surface area contributed by atoms with Gasteiger partial charge in [0.05, 0.1) is 35.1 Å². The molecule has 0 amide bonds. The SMILES string of the molecule is C=CCOc1ccc([C@@H]2C(C(=O)OCC)=C(C)N=c3s/c(=C/c4ccc(N(C)C)cc4)c(=O)n32)cc1OCC. The van der Waals surface area contributed by atoms with Gasteiger partial charge in [0.2, 0.25) is 0 Å². The number of ether oxygens (including phenoxy) is 3. The van der Waals surface area contributed by atoms with E-state index < -0.39 is 12.0 Å². The lowest BCUT2D eigenvalue weighted by molar-refractivity contribution is -0.139. The maximum absolute atomic E-state index is 13.9. The van der Waals surface area contributed by atoms with Crippen LogP contribution in [0.2, 0.25) is 0 Å². The number of rotatable bonds is 10. The highest BCUT2D eigenvalue weighted by atomic mass is 32.1. The quantitative estimate of drug-likeness (QED) is 0.284. The van der Waals surface area contributed by atoms with Crippen molar-refractivity contribution in [2.75, 3.05) is 38.8 Å². The van der Waals surface area contributed by atoms with Crippen molar-refractivity contribution in [3.8, 4) is 11.5 Å². The summed E-state index contributed by atoms with van der Waals surface area (Å²) in [5.41, 5.74) is 3.23. The maximum atomic E-state index is 13.9. The van der Waals surface area contributed by atoms with E-state index in [1.54, 1.807) is 30.6 Å². The summed E-state index contributed by atoms with van der Waals surface area (Å²) in [6.07, 6.45) is 3.50. The number of benzene rings is 2. The van der Waals surface area contributed by atoms with Crippen molar-refractivity contribution in [2.45, 2.75) is 26.8 Å². The number of carbonyl (C=O) groups is 1. The molecule has 9 heteroatoms. The molecule has 0 unspecified atom stereocenters. The highest BCUT2D eigenvalue weighted by Gasteiger charge is 2.34. The van der Waals surface area contributed by atoms with Crippen molar-refractivity contribution in [1.29, 1.82) is 0 Å². The fourth-order valence-electron chi connectivity index (χ4n) is 4.36. The Morgan fingerprint density at radius 3 is 2.49 bits per heavy atom. The molecular weight excluding hydrogens is 514 g/mol. The third-order valence-electron chi connectivity index (χ3n) is 6.16. The summed E-state index contributed by atoms with van der Waals surface area (Å²) in [6, 6.07) is 12.6. The second-order valence-corrected chi connectivity index (χ2v) is 10.0. The molecule has 1 aliphatic heterocycles. The summed E-state index contributed by atoms with van der Waals surface area (Å²) >= 11 is 1.29. The zero-order valence-electron chi connectivity index (χ0n) is 22.9. The second-order valence-electron chi connectivity index (χ2n) is 9.03. The van der Waals surface area contributed by atoms with Gasteiger partial charge >= 0.3 is 5.97 Å². The first-order chi connectivity index (χ1) is 18.8. The van der Waals surface area contributed by atoms with Crippen LogP contribution in [0, 0.1) is 0 Å². The average molecular weight is 548 g/mol. The number of nitrogens with zero attached hydrogens (tertiary/aromatic N) is 3. The Morgan fingerprint density at radius 2 is 1.85 bits per heavy atom. The number of carbonyl (C=O) groups excluding carboxylic acids is 1. The minimum atomic E-state index is -0.744. The van der Waals surface area contributed by atoms with Gasteiger partial charge in [0, 0.05) is 19.8 Å². The molecule has 0 aliphatic carbocycles. The Morgan fingerprint density at radius 1 is 1.10 bits per heavy atom. The first-order valence-corrected chi connectivity index (χ1v) is 13.6. The normalized spacial score (nSPS) is 14.9. The number of hydrogen-bond acceptors (Lipinski definition) is 8. The van der Waals surface area contributed by atoms with Crippen molar-refractivity contribution in [1.82, 2.24) is 4.57 Å². The molecule has 39 heavy (non-hydrogen) atoms. The number of anilines is 1. The molecule has 0 saturated carbocycles. The van der Waals surface area contributed by atoms with E-state index in [2.05, 4.69) is 11.6 Å². The van der Waals surface area contributed by atoms with E-state index in [1.807, 2.05) is 68.4 Å². The Bertz CT molecular complexity index is 1580. The molecule has 1 aromatic heterocycles. The second kappa shape index (κ2) is 12.2. The highest BCUT2D eigenvalue weighted by molar-refractivity contribution is 7.07. The van der Waals surface area contributed by atoms with Crippen molar-refractivity contribution in [3.05, 3.63) is 97.2 Å². The minimum Gasteiger partial charge on any atom is -0.490 e. The molecule has 204 valence electrons. The molecule has 2 heterocycles. The van der Waals surface area contributed by atoms with Crippen LogP contribution in [0.5, 0.6) is 11.5 Å². The molecule has 3 aromatic rings. The molecule has 8 nitrogen and oxygen atoms in total. The van der Waals surface area contributed by atoms with Crippen molar-refractivity contribution in [3.63, 3.8) is 0 Å². The first kappa shape index (κ1) is 27.9. The number of allylic oxidation sites excluding steroid dienone is 1. The van der Waals surface area contributed by atoms with E-state index in [0.717, 1.165) is 11.3 Å². The first-order valence-electron chi connectivity index (χ1n) is 12.8. The Hall–Kier alpha value is -4.11. The molecule has 0 saturated heterocycles. The van der Waals surface area contributed by atoms with Gasteiger partial charge in [0.15, 0.2) is 16.3 Å². The number of esters is 1. The summed E-state index contributed by atoms with van der Waals surface area (Å²) in [4.78, 5) is 34.2. The van der Waals surface area contributed by atoms with E-state index in [1.165, 1.54) is 11.3 Å². The van der Waals surface area contributed by atoms with E-state index >= 15 is 0 Å². The lowest BCUT2D eigenvalue weighted by Gasteiger charge is -2.25. The lowest BCUT2D eigenvalue weighted by Crippen LogP contribution is -2.40. The van der Waals surface area contributed by atoms with E-state index in [0.29, 0.717) is 50.9 Å².